The zero-order chi connectivity index (χ0) is 9.52. The molecule has 1 saturated carbocycles. The average molecular weight is 185 g/mol. The Hall–Kier alpha value is -0.610. The van der Waals surface area contributed by atoms with Crippen LogP contribution in [0.5, 0.6) is 0 Å². The summed E-state index contributed by atoms with van der Waals surface area (Å²) < 4.78 is 5.22. The summed E-state index contributed by atoms with van der Waals surface area (Å²) in [5, 5.41) is 0. The minimum absolute atomic E-state index is 0.464. The maximum Gasteiger partial charge on any atom is 0.137 e. The van der Waals surface area contributed by atoms with Gasteiger partial charge in [0.1, 0.15) is 12.4 Å². The number of ether oxygens (including phenoxy) is 1. The maximum absolute atomic E-state index is 5.33. The summed E-state index contributed by atoms with van der Waals surface area (Å²) in [6.45, 7) is 3.17. The van der Waals surface area contributed by atoms with Gasteiger partial charge >= 0.3 is 0 Å². The number of hydrogen-bond acceptors (Lipinski definition) is 3. The van der Waals surface area contributed by atoms with Crippen LogP contribution in [0.2, 0.25) is 0 Å². The number of aliphatic imine (C=N–C) groups is 1. The third kappa shape index (κ3) is 3.74. The zero-order valence-corrected chi connectivity index (χ0v) is 8.25. The van der Waals surface area contributed by atoms with Gasteiger partial charge in [0.05, 0.1) is 6.04 Å². The number of rotatable bonds is 4. The molecule has 0 amide bonds. The molecule has 4 heteroatoms. The fourth-order valence-corrected chi connectivity index (χ4v) is 1.57. The average Bonchev–Trinajstić information content (AvgIpc) is 2.64. The number of nitrogens with one attached hydrogen (secondary N) is 1. The molecule has 0 radical (unpaired) electrons. The van der Waals surface area contributed by atoms with Gasteiger partial charge in [0.15, 0.2) is 0 Å². The Labute approximate surface area is 79.5 Å². The standard InChI is InChI=1S/C9H19N3O/c1-2-13-7-9(12-10)11-8-5-3-4-6-8/h8H,2-7,10H2,1H3,(H,11,12). The third-order valence-corrected chi connectivity index (χ3v) is 2.27. The molecular formula is C9H19N3O. The predicted molar refractivity (Wildman–Crippen MR) is 53.5 cm³/mol. The fourth-order valence-electron chi connectivity index (χ4n) is 1.57. The van der Waals surface area contributed by atoms with E-state index >= 15 is 0 Å². The Morgan fingerprint density at radius 2 is 2.23 bits per heavy atom. The molecule has 0 aromatic heterocycles. The molecular weight excluding hydrogens is 166 g/mol. The molecule has 1 rings (SSSR count). The quantitative estimate of drug-likeness (QED) is 0.295. The van der Waals surface area contributed by atoms with Crippen molar-refractivity contribution in [2.75, 3.05) is 13.2 Å². The van der Waals surface area contributed by atoms with Crippen molar-refractivity contribution in [3.05, 3.63) is 0 Å². The van der Waals surface area contributed by atoms with Crippen LogP contribution in [0.15, 0.2) is 4.99 Å². The Kier molecular flexibility index (Phi) is 4.78. The molecule has 0 bridgehead atoms. The highest BCUT2D eigenvalue weighted by Gasteiger charge is 2.14. The molecule has 1 fully saturated rings. The molecule has 0 unspecified atom stereocenters. The highest BCUT2D eigenvalue weighted by Crippen LogP contribution is 2.20. The summed E-state index contributed by atoms with van der Waals surface area (Å²) in [5.41, 5.74) is 2.59. The summed E-state index contributed by atoms with van der Waals surface area (Å²) in [4.78, 5) is 4.49. The van der Waals surface area contributed by atoms with E-state index in [1.54, 1.807) is 0 Å². The first-order valence-corrected chi connectivity index (χ1v) is 4.97. The van der Waals surface area contributed by atoms with Crippen LogP contribution in [0.3, 0.4) is 0 Å². The van der Waals surface area contributed by atoms with Crippen molar-refractivity contribution >= 4 is 5.84 Å². The lowest BCUT2D eigenvalue weighted by atomic mass is 10.3. The summed E-state index contributed by atoms with van der Waals surface area (Å²) in [6, 6.07) is 0.464. The Balaban J connectivity index is 2.33. The van der Waals surface area contributed by atoms with Gasteiger partial charge in [-0.25, -0.2) is 5.84 Å². The first kappa shape index (κ1) is 10.5. The summed E-state index contributed by atoms with van der Waals surface area (Å²) in [7, 11) is 0. The van der Waals surface area contributed by atoms with E-state index in [2.05, 4.69) is 10.4 Å². The van der Waals surface area contributed by atoms with Crippen LogP contribution >= 0.6 is 0 Å². The lowest BCUT2D eigenvalue weighted by Gasteiger charge is -2.08. The van der Waals surface area contributed by atoms with Gasteiger partial charge < -0.3 is 10.2 Å². The van der Waals surface area contributed by atoms with Crippen molar-refractivity contribution < 1.29 is 4.74 Å². The van der Waals surface area contributed by atoms with E-state index in [1.165, 1.54) is 25.7 Å². The summed E-state index contributed by atoms with van der Waals surface area (Å²) >= 11 is 0. The second-order valence-corrected chi connectivity index (χ2v) is 3.30. The molecule has 0 aromatic carbocycles. The number of hydrazine groups is 1. The van der Waals surface area contributed by atoms with Gasteiger partial charge in [-0.3, -0.25) is 4.99 Å². The molecule has 0 aromatic rings. The second kappa shape index (κ2) is 5.94. The highest BCUT2D eigenvalue weighted by atomic mass is 16.5. The zero-order valence-electron chi connectivity index (χ0n) is 8.25. The summed E-state index contributed by atoms with van der Waals surface area (Å²) in [6.07, 6.45) is 4.97. The first-order chi connectivity index (χ1) is 6.36. The van der Waals surface area contributed by atoms with E-state index in [9.17, 15) is 0 Å². The Morgan fingerprint density at radius 3 is 2.77 bits per heavy atom. The molecule has 0 aliphatic heterocycles. The topological polar surface area (TPSA) is 59.6 Å². The van der Waals surface area contributed by atoms with E-state index in [0.29, 0.717) is 19.3 Å². The Morgan fingerprint density at radius 1 is 1.54 bits per heavy atom. The number of nitrogens with zero attached hydrogens (tertiary/aromatic N) is 1. The molecule has 76 valence electrons. The maximum atomic E-state index is 5.33. The second-order valence-electron chi connectivity index (χ2n) is 3.30. The van der Waals surface area contributed by atoms with Crippen molar-refractivity contribution in [2.24, 2.45) is 10.8 Å². The first-order valence-electron chi connectivity index (χ1n) is 4.97. The lowest BCUT2D eigenvalue weighted by molar-refractivity contribution is 0.185. The minimum atomic E-state index is 0.464. The number of hydrogen-bond donors (Lipinski definition) is 2. The normalized spacial score (nSPS) is 19.4. The van der Waals surface area contributed by atoms with Gasteiger partial charge in [0, 0.05) is 6.61 Å². The molecule has 3 N–H and O–H groups in total. The Bertz CT molecular complexity index is 164. The lowest BCUT2D eigenvalue weighted by Crippen LogP contribution is -2.34. The van der Waals surface area contributed by atoms with Crippen molar-refractivity contribution in [3.8, 4) is 0 Å². The fraction of sp³-hybridized carbons (Fsp3) is 0.889. The van der Waals surface area contributed by atoms with Crippen LogP contribution < -0.4 is 11.3 Å². The SMILES string of the molecule is CCOCC(=NC1CCCC1)NN. The third-order valence-electron chi connectivity index (χ3n) is 2.27. The van der Waals surface area contributed by atoms with Gasteiger partial charge in [-0.2, -0.15) is 0 Å². The van der Waals surface area contributed by atoms with Gasteiger partial charge in [0.2, 0.25) is 0 Å². The van der Waals surface area contributed by atoms with E-state index < -0.39 is 0 Å². The molecule has 0 saturated heterocycles. The molecule has 13 heavy (non-hydrogen) atoms. The van der Waals surface area contributed by atoms with Gasteiger partial charge in [-0.15, -0.1) is 0 Å². The smallest absolute Gasteiger partial charge is 0.137 e. The molecule has 4 nitrogen and oxygen atoms in total. The number of nitrogens with two attached hydrogens (primary N) is 1. The molecule has 0 atom stereocenters. The van der Waals surface area contributed by atoms with Crippen molar-refractivity contribution in [1.82, 2.24) is 5.43 Å². The predicted octanol–water partition coefficient (Wildman–Crippen LogP) is 0.827. The van der Waals surface area contributed by atoms with E-state index in [1.807, 2.05) is 6.92 Å². The van der Waals surface area contributed by atoms with Crippen LogP contribution in [-0.4, -0.2) is 25.1 Å². The van der Waals surface area contributed by atoms with E-state index in [-0.39, 0.29) is 0 Å². The minimum Gasteiger partial charge on any atom is -0.374 e. The van der Waals surface area contributed by atoms with Crippen molar-refractivity contribution in [2.45, 2.75) is 38.6 Å². The van der Waals surface area contributed by atoms with E-state index in [0.717, 1.165) is 5.84 Å². The molecule has 0 spiro atoms. The monoisotopic (exact) mass is 185 g/mol. The van der Waals surface area contributed by atoms with Crippen LogP contribution in [0.25, 0.3) is 0 Å². The van der Waals surface area contributed by atoms with Crippen LogP contribution in [-0.2, 0) is 4.74 Å². The summed E-state index contributed by atoms with van der Waals surface area (Å²) in [5.74, 6) is 6.10. The van der Waals surface area contributed by atoms with Crippen LogP contribution in [0, 0.1) is 0 Å². The van der Waals surface area contributed by atoms with E-state index in [4.69, 9.17) is 10.6 Å². The van der Waals surface area contributed by atoms with Gasteiger partial charge in [-0.1, -0.05) is 12.8 Å². The van der Waals surface area contributed by atoms with Crippen LogP contribution in [0.1, 0.15) is 32.6 Å². The van der Waals surface area contributed by atoms with Crippen LogP contribution in [0.4, 0.5) is 0 Å². The molecule has 0 heterocycles. The molecule has 1 aliphatic carbocycles. The molecule has 1 aliphatic rings. The van der Waals surface area contributed by atoms with Gasteiger partial charge in [0.25, 0.3) is 0 Å². The highest BCUT2D eigenvalue weighted by molar-refractivity contribution is 5.83. The largest absolute Gasteiger partial charge is 0.374 e. The van der Waals surface area contributed by atoms with Gasteiger partial charge in [-0.05, 0) is 19.8 Å². The number of amidine groups is 1. The van der Waals surface area contributed by atoms with Crippen molar-refractivity contribution in [3.63, 3.8) is 0 Å². The van der Waals surface area contributed by atoms with Crippen molar-refractivity contribution in [1.29, 1.82) is 0 Å².